The number of hydrogen-bond donors (Lipinski definition) is 1. The second kappa shape index (κ2) is 10.2. The minimum atomic E-state index is 0.616. The van der Waals surface area contributed by atoms with E-state index in [0.717, 1.165) is 36.3 Å². The smallest absolute Gasteiger partial charge is 0.119 e. The molecule has 0 aliphatic carbocycles. The lowest BCUT2D eigenvalue weighted by Gasteiger charge is -2.21. The second-order valence-electron chi connectivity index (χ2n) is 5.85. The molecule has 0 saturated heterocycles. The molecule has 1 aromatic carbocycles. The first-order chi connectivity index (χ1) is 10.1. The van der Waals surface area contributed by atoms with Crippen molar-refractivity contribution < 1.29 is 9.47 Å². The van der Waals surface area contributed by atoms with E-state index in [1.807, 2.05) is 6.07 Å². The number of hydrogen-bond acceptors (Lipinski definition) is 3. The SMILES string of the molecule is COCCNCC(Cc1cc(OC)ccc1Br)CC(C)C. The maximum atomic E-state index is 5.33. The van der Waals surface area contributed by atoms with E-state index in [1.165, 1.54) is 12.0 Å². The van der Waals surface area contributed by atoms with Crippen LogP contribution in [0.25, 0.3) is 0 Å². The molecule has 0 amide bonds. The Bertz CT molecular complexity index is 410. The highest BCUT2D eigenvalue weighted by Crippen LogP contribution is 2.26. The van der Waals surface area contributed by atoms with Gasteiger partial charge in [0.1, 0.15) is 5.75 Å². The molecule has 1 unspecified atom stereocenters. The lowest BCUT2D eigenvalue weighted by molar-refractivity contribution is 0.197. The van der Waals surface area contributed by atoms with Gasteiger partial charge in [0.25, 0.3) is 0 Å². The van der Waals surface area contributed by atoms with E-state index in [-0.39, 0.29) is 0 Å². The zero-order valence-electron chi connectivity index (χ0n) is 13.6. The first-order valence-electron chi connectivity index (χ1n) is 7.58. The summed E-state index contributed by atoms with van der Waals surface area (Å²) in [4.78, 5) is 0. The van der Waals surface area contributed by atoms with Crippen LogP contribution in [0.2, 0.25) is 0 Å². The van der Waals surface area contributed by atoms with Gasteiger partial charge in [0, 0.05) is 18.1 Å². The molecular weight excluding hydrogens is 330 g/mol. The molecule has 1 rings (SSSR count). The molecule has 0 saturated carbocycles. The van der Waals surface area contributed by atoms with Crippen LogP contribution in [-0.4, -0.2) is 33.9 Å². The fraction of sp³-hybridized carbons (Fsp3) is 0.647. The number of benzene rings is 1. The van der Waals surface area contributed by atoms with Gasteiger partial charge in [0.15, 0.2) is 0 Å². The maximum absolute atomic E-state index is 5.33. The molecule has 1 atom stereocenters. The topological polar surface area (TPSA) is 30.5 Å². The zero-order chi connectivity index (χ0) is 15.7. The van der Waals surface area contributed by atoms with Crippen molar-refractivity contribution in [1.82, 2.24) is 5.32 Å². The van der Waals surface area contributed by atoms with Crippen LogP contribution in [-0.2, 0) is 11.2 Å². The molecule has 21 heavy (non-hydrogen) atoms. The van der Waals surface area contributed by atoms with Gasteiger partial charge in [-0.2, -0.15) is 0 Å². The summed E-state index contributed by atoms with van der Waals surface area (Å²) in [5, 5.41) is 3.49. The molecule has 4 heteroatoms. The lowest BCUT2D eigenvalue weighted by atomic mass is 9.91. The van der Waals surface area contributed by atoms with Crippen molar-refractivity contribution in [2.75, 3.05) is 33.9 Å². The summed E-state index contributed by atoms with van der Waals surface area (Å²) < 4.78 is 11.6. The third kappa shape index (κ3) is 7.30. The predicted molar refractivity (Wildman–Crippen MR) is 92.1 cm³/mol. The fourth-order valence-corrected chi connectivity index (χ4v) is 2.94. The predicted octanol–water partition coefficient (Wildman–Crippen LogP) is 3.90. The van der Waals surface area contributed by atoms with Crippen LogP contribution in [0.1, 0.15) is 25.8 Å². The quantitative estimate of drug-likeness (QED) is 0.644. The standard InChI is InChI=1S/C17H28BrNO2/c1-13(2)9-14(12-19-7-8-20-3)10-15-11-16(21-4)5-6-17(15)18/h5-6,11,13-14,19H,7-10,12H2,1-4H3. The average molecular weight is 358 g/mol. The molecule has 3 nitrogen and oxygen atoms in total. The first-order valence-corrected chi connectivity index (χ1v) is 8.38. The summed E-state index contributed by atoms with van der Waals surface area (Å²) in [6.07, 6.45) is 2.26. The van der Waals surface area contributed by atoms with Gasteiger partial charge < -0.3 is 14.8 Å². The van der Waals surface area contributed by atoms with Gasteiger partial charge in [-0.1, -0.05) is 29.8 Å². The molecule has 0 radical (unpaired) electrons. The number of halogens is 1. The lowest BCUT2D eigenvalue weighted by Crippen LogP contribution is -2.28. The molecule has 0 aliphatic rings. The summed E-state index contributed by atoms with van der Waals surface area (Å²) in [6.45, 7) is 7.25. The van der Waals surface area contributed by atoms with E-state index < -0.39 is 0 Å². The molecule has 0 aromatic heterocycles. The highest BCUT2D eigenvalue weighted by Gasteiger charge is 2.14. The second-order valence-corrected chi connectivity index (χ2v) is 6.71. The van der Waals surface area contributed by atoms with Crippen LogP contribution in [0.5, 0.6) is 5.75 Å². The van der Waals surface area contributed by atoms with Gasteiger partial charge in [-0.3, -0.25) is 0 Å². The van der Waals surface area contributed by atoms with Crippen molar-refractivity contribution in [1.29, 1.82) is 0 Å². The van der Waals surface area contributed by atoms with Crippen molar-refractivity contribution in [2.24, 2.45) is 11.8 Å². The normalized spacial score (nSPS) is 12.7. The van der Waals surface area contributed by atoms with Gasteiger partial charge in [-0.05, 0) is 55.0 Å². The van der Waals surface area contributed by atoms with Crippen LogP contribution in [0.3, 0.4) is 0 Å². The Morgan fingerprint density at radius 2 is 2.00 bits per heavy atom. The van der Waals surface area contributed by atoms with Crippen LogP contribution in [0.4, 0.5) is 0 Å². The summed E-state index contributed by atoms with van der Waals surface area (Å²) in [5.74, 6) is 2.23. The van der Waals surface area contributed by atoms with Gasteiger partial charge in [0.05, 0.1) is 13.7 Å². The Morgan fingerprint density at radius 1 is 1.24 bits per heavy atom. The van der Waals surface area contributed by atoms with Gasteiger partial charge >= 0.3 is 0 Å². The molecule has 0 fully saturated rings. The summed E-state index contributed by atoms with van der Waals surface area (Å²) in [5.41, 5.74) is 1.31. The Morgan fingerprint density at radius 3 is 2.62 bits per heavy atom. The van der Waals surface area contributed by atoms with Gasteiger partial charge in [0.2, 0.25) is 0 Å². The molecule has 1 aromatic rings. The molecule has 0 spiro atoms. The Balaban J connectivity index is 2.66. The number of nitrogens with one attached hydrogen (secondary N) is 1. The van der Waals surface area contributed by atoms with E-state index >= 15 is 0 Å². The van der Waals surface area contributed by atoms with E-state index in [1.54, 1.807) is 14.2 Å². The Kier molecular flexibility index (Phi) is 8.97. The number of methoxy groups -OCH3 is 2. The van der Waals surface area contributed by atoms with Gasteiger partial charge in [-0.25, -0.2) is 0 Å². The summed E-state index contributed by atoms with van der Waals surface area (Å²) in [6, 6.07) is 6.19. The van der Waals surface area contributed by atoms with Crippen molar-refractivity contribution in [2.45, 2.75) is 26.7 Å². The van der Waals surface area contributed by atoms with Crippen molar-refractivity contribution in [3.05, 3.63) is 28.2 Å². The van der Waals surface area contributed by atoms with Crippen molar-refractivity contribution in [3.8, 4) is 5.75 Å². The minimum absolute atomic E-state index is 0.616. The average Bonchev–Trinajstić information content (AvgIpc) is 2.45. The molecule has 1 N–H and O–H groups in total. The first kappa shape index (κ1) is 18.5. The monoisotopic (exact) mass is 357 g/mol. The largest absolute Gasteiger partial charge is 0.497 e. The summed E-state index contributed by atoms with van der Waals surface area (Å²) >= 11 is 3.65. The minimum Gasteiger partial charge on any atom is -0.497 e. The van der Waals surface area contributed by atoms with E-state index in [4.69, 9.17) is 9.47 Å². The number of ether oxygens (including phenoxy) is 2. The summed E-state index contributed by atoms with van der Waals surface area (Å²) in [7, 11) is 3.45. The van der Waals surface area contributed by atoms with Gasteiger partial charge in [-0.15, -0.1) is 0 Å². The zero-order valence-corrected chi connectivity index (χ0v) is 15.2. The van der Waals surface area contributed by atoms with E-state index in [2.05, 4.69) is 47.2 Å². The van der Waals surface area contributed by atoms with Crippen LogP contribution in [0, 0.1) is 11.8 Å². The third-order valence-corrected chi connectivity index (χ3v) is 4.26. The molecule has 0 aliphatic heterocycles. The van der Waals surface area contributed by atoms with Crippen LogP contribution < -0.4 is 10.1 Å². The molecular formula is C17H28BrNO2. The number of rotatable bonds is 10. The highest BCUT2D eigenvalue weighted by molar-refractivity contribution is 9.10. The van der Waals surface area contributed by atoms with Crippen LogP contribution in [0.15, 0.2) is 22.7 Å². The third-order valence-electron chi connectivity index (χ3n) is 3.48. The van der Waals surface area contributed by atoms with E-state index in [9.17, 15) is 0 Å². The molecule has 0 heterocycles. The van der Waals surface area contributed by atoms with Crippen molar-refractivity contribution >= 4 is 15.9 Å². The molecule has 0 bridgehead atoms. The Labute approximate surface area is 137 Å². The van der Waals surface area contributed by atoms with Crippen LogP contribution >= 0.6 is 15.9 Å². The Hall–Kier alpha value is -0.580. The maximum Gasteiger partial charge on any atom is 0.119 e. The fourth-order valence-electron chi connectivity index (χ4n) is 2.53. The highest BCUT2D eigenvalue weighted by atomic mass is 79.9. The molecule has 120 valence electrons. The van der Waals surface area contributed by atoms with Crippen molar-refractivity contribution in [3.63, 3.8) is 0 Å². The van der Waals surface area contributed by atoms with E-state index in [0.29, 0.717) is 11.8 Å².